The summed E-state index contributed by atoms with van der Waals surface area (Å²) < 4.78 is 5.53. The lowest BCUT2D eigenvalue weighted by molar-refractivity contribution is 0.0915. The third kappa shape index (κ3) is 3.49. The Balaban J connectivity index is 2.09. The molecule has 0 aliphatic carbocycles. The van der Waals surface area contributed by atoms with Crippen molar-refractivity contribution in [2.24, 2.45) is 0 Å². The third-order valence-corrected chi connectivity index (χ3v) is 3.52. The van der Waals surface area contributed by atoms with Crippen molar-refractivity contribution in [3.63, 3.8) is 0 Å². The Morgan fingerprint density at radius 1 is 1.40 bits per heavy atom. The molecule has 2 N–H and O–H groups in total. The molecule has 2 aromatic rings. The molecule has 1 atom stereocenters. The second-order valence-electron chi connectivity index (χ2n) is 4.44. The van der Waals surface area contributed by atoms with Gasteiger partial charge in [0, 0.05) is 6.07 Å². The Labute approximate surface area is 125 Å². The molecule has 106 valence electrons. The number of aliphatic hydroxyl groups excluding tert-OH is 1. The van der Waals surface area contributed by atoms with Crippen molar-refractivity contribution in [1.29, 1.82) is 0 Å². The summed E-state index contributed by atoms with van der Waals surface area (Å²) in [6.07, 6.45) is 2.33. The second kappa shape index (κ2) is 6.72. The van der Waals surface area contributed by atoms with Crippen molar-refractivity contribution < 1.29 is 14.3 Å². The molecule has 0 aliphatic heterocycles. The van der Waals surface area contributed by atoms with Crippen LogP contribution in [0.5, 0.6) is 0 Å². The molecule has 0 aliphatic rings. The van der Waals surface area contributed by atoms with Gasteiger partial charge in [-0.2, -0.15) is 0 Å². The van der Waals surface area contributed by atoms with Crippen molar-refractivity contribution in [3.05, 3.63) is 58.0 Å². The van der Waals surface area contributed by atoms with E-state index in [-0.39, 0.29) is 12.5 Å². The molecular formula is C15H16BrNO3. The number of hydrogen-bond acceptors (Lipinski definition) is 3. The number of hydrogen-bond donors (Lipinski definition) is 2. The van der Waals surface area contributed by atoms with Crippen molar-refractivity contribution in [3.8, 4) is 0 Å². The average molecular weight is 338 g/mol. The van der Waals surface area contributed by atoms with Crippen LogP contribution >= 0.6 is 15.9 Å². The molecule has 0 radical (unpaired) electrons. The summed E-state index contributed by atoms with van der Waals surface area (Å²) in [6, 6.07) is 9.00. The molecule has 1 aromatic heterocycles. The van der Waals surface area contributed by atoms with E-state index in [1.165, 1.54) is 11.8 Å². The number of furan rings is 1. The third-order valence-electron chi connectivity index (χ3n) is 3.11. The molecular weight excluding hydrogens is 322 g/mol. The Hall–Kier alpha value is -1.59. The van der Waals surface area contributed by atoms with E-state index < -0.39 is 6.04 Å². The Morgan fingerprint density at radius 2 is 2.10 bits per heavy atom. The van der Waals surface area contributed by atoms with Gasteiger partial charge in [-0.15, -0.1) is 0 Å². The maximum atomic E-state index is 12.0. The van der Waals surface area contributed by atoms with Crippen LogP contribution in [-0.2, 0) is 6.42 Å². The molecule has 20 heavy (non-hydrogen) atoms. The van der Waals surface area contributed by atoms with Gasteiger partial charge in [-0.25, -0.2) is 0 Å². The van der Waals surface area contributed by atoms with E-state index in [4.69, 9.17) is 4.42 Å². The standard InChI is InChI=1S/C15H16BrNO3/c1-2-10-3-5-11(6-4-10)13(8-18)17-15(19)12-7-14(16)20-9-12/h3-7,9,13,18H,2,8H2,1H3,(H,17,19). The van der Waals surface area contributed by atoms with Crippen molar-refractivity contribution in [2.75, 3.05) is 6.61 Å². The number of benzene rings is 1. The molecule has 1 unspecified atom stereocenters. The summed E-state index contributed by atoms with van der Waals surface area (Å²) in [4.78, 5) is 12.0. The van der Waals surface area contributed by atoms with Crippen LogP contribution in [0.15, 0.2) is 45.7 Å². The molecule has 2 rings (SSSR count). The number of aliphatic hydroxyl groups is 1. The summed E-state index contributed by atoms with van der Waals surface area (Å²) in [5.41, 5.74) is 2.51. The minimum Gasteiger partial charge on any atom is -0.457 e. The number of amides is 1. The van der Waals surface area contributed by atoms with Gasteiger partial charge >= 0.3 is 0 Å². The zero-order chi connectivity index (χ0) is 14.5. The monoisotopic (exact) mass is 337 g/mol. The maximum Gasteiger partial charge on any atom is 0.255 e. The summed E-state index contributed by atoms with van der Waals surface area (Å²) in [5.74, 6) is -0.280. The van der Waals surface area contributed by atoms with E-state index in [0.717, 1.165) is 12.0 Å². The molecule has 0 saturated carbocycles. The molecule has 0 fully saturated rings. The highest BCUT2D eigenvalue weighted by atomic mass is 79.9. The van der Waals surface area contributed by atoms with Crippen LogP contribution in [0, 0.1) is 0 Å². The van der Waals surface area contributed by atoms with Gasteiger partial charge < -0.3 is 14.8 Å². The number of carbonyl (C=O) groups is 1. The van der Waals surface area contributed by atoms with Crippen LogP contribution in [0.2, 0.25) is 0 Å². The van der Waals surface area contributed by atoms with Gasteiger partial charge in [0.15, 0.2) is 4.67 Å². The maximum absolute atomic E-state index is 12.0. The minimum absolute atomic E-state index is 0.157. The first kappa shape index (κ1) is 14.8. The van der Waals surface area contributed by atoms with Crippen LogP contribution in [0.25, 0.3) is 0 Å². The van der Waals surface area contributed by atoms with Crippen molar-refractivity contribution in [1.82, 2.24) is 5.32 Å². The Kier molecular flexibility index (Phi) is 4.98. The van der Waals surface area contributed by atoms with Gasteiger partial charge in [0.2, 0.25) is 0 Å². The van der Waals surface area contributed by atoms with Gasteiger partial charge in [-0.05, 0) is 33.5 Å². The number of carbonyl (C=O) groups excluding carboxylic acids is 1. The van der Waals surface area contributed by atoms with Gasteiger partial charge in [0.05, 0.1) is 18.2 Å². The summed E-state index contributed by atoms with van der Waals surface area (Å²) in [5, 5.41) is 12.2. The fraction of sp³-hybridized carbons (Fsp3) is 0.267. The van der Waals surface area contributed by atoms with Gasteiger partial charge in [-0.3, -0.25) is 4.79 Å². The summed E-state index contributed by atoms with van der Waals surface area (Å²) in [7, 11) is 0. The lowest BCUT2D eigenvalue weighted by Crippen LogP contribution is -2.30. The number of nitrogens with one attached hydrogen (secondary N) is 1. The first-order chi connectivity index (χ1) is 9.63. The highest BCUT2D eigenvalue weighted by Gasteiger charge is 2.16. The van der Waals surface area contributed by atoms with E-state index in [1.54, 1.807) is 6.07 Å². The molecule has 1 amide bonds. The smallest absolute Gasteiger partial charge is 0.255 e. The lowest BCUT2D eigenvalue weighted by atomic mass is 10.0. The van der Waals surface area contributed by atoms with Crippen LogP contribution in [0.3, 0.4) is 0 Å². The van der Waals surface area contributed by atoms with E-state index in [0.29, 0.717) is 10.2 Å². The first-order valence-electron chi connectivity index (χ1n) is 6.38. The summed E-state index contributed by atoms with van der Waals surface area (Å²) in [6.45, 7) is 1.92. The molecule has 5 heteroatoms. The summed E-state index contributed by atoms with van der Waals surface area (Å²) >= 11 is 3.15. The molecule has 1 aromatic carbocycles. The van der Waals surface area contributed by atoms with Crippen molar-refractivity contribution >= 4 is 21.8 Å². The highest BCUT2D eigenvalue weighted by molar-refractivity contribution is 9.10. The SMILES string of the molecule is CCc1ccc(C(CO)NC(=O)c2coc(Br)c2)cc1. The predicted octanol–water partition coefficient (Wildman–Crippen LogP) is 3.07. The molecule has 0 bridgehead atoms. The topological polar surface area (TPSA) is 62.5 Å². The first-order valence-corrected chi connectivity index (χ1v) is 7.18. The van der Waals surface area contributed by atoms with Crippen molar-refractivity contribution in [2.45, 2.75) is 19.4 Å². The molecule has 4 nitrogen and oxygen atoms in total. The van der Waals surface area contributed by atoms with Crippen LogP contribution in [-0.4, -0.2) is 17.6 Å². The van der Waals surface area contributed by atoms with E-state index in [1.807, 2.05) is 24.3 Å². The average Bonchev–Trinajstić information content (AvgIpc) is 2.91. The Bertz CT molecular complexity index is 577. The minimum atomic E-state index is -0.429. The Morgan fingerprint density at radius 3 is 2.60 bits per heavy atom. The molecule has 1 heterocycles. The van der Waals surface area contributed by atoms with E-state index in [2.05, 4.69) is 28.2 Å². The number of halogens is 1. The molecule has 0 spiro atoms. The largest absolute Gasteiger partial charge is 0.457 e. The number of aryl methyl sites for hydroxylation is 1. The predicted molar refractivity (Wildman–Crippen MR) is 79.5 cm³/mol. The van der Waals surface area contributed by atoms with Gasteiger partial charge in [0.1, 0.15) is 6.26 Å². The molecule has 0 saturated heterocycles. The van der Waals surface area contributed by atoms with Gasteiger partial charge in [0.25, 0.3) is 5.91 Å². The van der Waals surface area contributed by atoms with Gasteiger partial charge in [-0.1, -0.05) is 31.2 Å². The lowest BCUT2D eigenvalue weighted by Gasteiger charge is -2.16. The highest BCUT2D eigenvalue weighted by Crippen LogP contribution is 2.17. The fourth-order valence-corrected chi connectivity index (χ4v) is 2.23. The zero-order valence-corrected chi connectivity index (χ0v) is 12.7. The van der Waals surface area contributed by atoms with E-state index >= 15 is 0 Å². The quantitative estimate of drug-likeness (QED) is 0.881. The zero-order valence-electron chi connectivity index (χ0n) is 11.1. The number of rotatable bonds is 5. The van der Waals surface area contributed by atoms with E-state index in [9.17, 15) is 9.90 Å². The fourth-order valence-electron chi connectivity index (χ4n) is 1.89. The second-order valence-corrected chi connectivity index (χ2v) is 5.22. The van der Waals surface area contributed by atoms with Crippen LogP contribution in [0.1, 0.15) is 34.5 Å². The normalized spacial score (nSPS) is 12.2. The van der Waals surface area contributed by atoms with Crippen LogP contribution in [0.4, 0.5) is 0 Å². The van der Waals surface area contributed by atoms with Crippen LogP contribution < -0.4 is 5.32 Å².